The third kappa shape index (κ3) is 4.88. The van der Waals surface area contributed by atoms with Gasteiger partial charge in [0, 0.05) is 4.90 Å². The molecule has 0 saturated carbocycles. The zero-order valence-electron chi connectivity index (χ0n) is 13.9. The fraction of sp³-hybridized carbons (Fsp3) is 0.167. The highest BCUT2D eigenvalue weighted by molar-refractivity contribution is 7.99. The Bertz CT molecular complexity index is 1030. The van der Waals surface area contributed by atoms with Crippen LogP contribution in [0.25, 0.3) is 11.0 Å². The molecule has 5 nitrogen and oxygen atoms in total. The van der Waals surface area contributed by atoms with E-state index in [1.807, 2.05) is 0 Å². The number of aromatic nitrogens is 2. The Labute approximate surface area is 156 Å². The van der Waals surface area contributed by atoms with Gasteiger partial charge in [-0.3, -0.25) is 14.2 Å². The van der Waals surface area contributed by atoms with Crippen LogP contribution in [0, 0.1) is 0 Å². The molecule has 0 saturated heterocycles. The van der Waals surface area contributed by atoms with E-state index >= 15 is 0 Å². The van der Waals surface area contributed by atoms with Gasteiger partial charge in [-0.25, -0.2) is 4.98 Å². The summed E-state index contributed by atoms with van der Waals surface area (Å²) in [5.74, 6) is -1.58. The van der Waals surface area contributed by atoms with E-state index in [0.29, 0.717) is 27.7 Å². The molecule has 0 spiro atoms. The molecule has 1 amide bonds. The fourth-order valence-electron chi connectivity index (χ4n) is 2.47. The molecule has 0 unspecified atom stereocenters. The van der Waals surface area contributed by atoms with Gasteiger partial charge in [0.15, 0.2) is 0 Å². The highest BCUT2D eigenvalue weighted by atomic mass is 32.2. The van der Waals surface area contributed by atoms with Gasteiger partial charge in [0.1, 0.15) is 6.54 Å². The normalized spacial score (nSPS) is 11.5. The minimum absolute atomic E-state index is 0.267. The SMILES string of the molecule is O=C(Cn1c(=O)cnc2ccccc21)Nc1ccccc1SCC(F)(F)F. The summed E-state index contributed by atoms with van der Waals surface area (Å²) in [5.41, 5.74) is 0.887. The van der Waals surface area contributed by atoms with Crippen LogP contribution in [0.1, 0.15) is 0 Å². The van der Waals surface area contributed by atoms with Crippen molar-refractivity contribution >= 4 is 34.4 Å². The lowest BCUT2D eigenvalue weighted by atomic mass is 10.3. The first-order chi connectivity index (χ1) is 12.8. The molecule has 0 aliphatic carbocycles. The van der Waals surface area contributed by atoms with Gasteiger partial charge in [-0.2, -0.15) is 13.2 Å². The zero-order chi connectivity index (χ0) is 19.4. The molecular formula is C18H14F3N3O2S. The number of thioether (sulfide) groups is 1. The predicted octanol–water partition coefficient (Wildman–Crippen LogP) is 3.69. The maximum absolute atomic E-state index is 12.5. The molecule has 3 rings (SSSR count). The number of carbonyl (C=O) groups excluding carboxylic acids is 1. The van der Waals surface area contributed by atoms with E-state index < -0.39 is 23.4 Å². The molecule has 9 heteroatoms. The number of hydrogen-bond donors (Lipinski definition) is 1. The molecule has 27 heavy (non-hydrogen) atoms. The van der Waals surface area contributed by atoms with E-state index in [0.717, 1.165) is 6.20 Å². The zero-order valence-corrected chi connectivity index (χ0v) is 14.7. The quantitative estimate of drug-likeness (QED) is 0.672. The molecule has 2 aromatic carbocycles. The lowest BCUT2D eigenvalue weighted by Gasteiger charge is -2.13. The molecule has 3 aromatic rings. The van der Waals surface area contributed by atoms with Gasteiger partial charge in [0.2, 0.25) is 5.91 Å². The minimum Gasteiger partial charge on any atom is -0.324 e. The second kappa shape index (κ2) is 7.83. The summed E-state index contributed by atoms with van der Waals surface area (Å²) in [4.78, 5) is 28.8. The van der Waals surface area contributed by atoms with Crippen molar-refractivity contribution in [2.75, 3.05) is 11.1 Å². The first-order valence-corrected chi connectivity index (χ1v) is 8.85. The van der Waals surface area contributed by atoms with Crippen LogP contribution in [0.4, 0.5) is 18.9 Å². The van der Waals surface area contributed by atoms with Crippen molar-refractivity contribution in [3.63, 3.8) is 0 Å². The summed E-state index contributed by atoms with van der Waals surface area (Å²) < 4.78 is 38.7. The van der Waals surface area contributed by atoms with Crippen molar-refractivity contribution < 1.29 is 18.0 Å². The van der Waals surface area contributed by atoms with Gasteiger partial charge in [-0.15, -0.1) is 11.8 Å². The van der Waals surface area contributed by atoms with Gasteiger partial charge in [0.25, 0.3) is 5.56 Å². The Kier molecular flexibility index (Phi) is 5.50. The van der Waals surface area contributed by atoms with Crippen LogP contribution in [0.3, 0.4) is 0 Å². The third-order valence-electron chi connectivity index (χ3n) is 3.61. The molecule has 1 heterocycles. The Balaban J connectivity index is 1.80. The van der Waals surface area contributed by atoms with Crippen LogP contribution in [-0.4, -0.2) is 27.4 Å². The molecule has 1 aromatic heterocycles. The van der Waals surface area contributed by atoms with Crippen molar-refractivity contribution in [2.45, 2.75) is 17.6 Å². The van der Waals surface area contributed by atoms with Crippen molar-refractivity contribution in [1.29, 1.82) is 0 Å². The molecular weight excluding hydrogens is 379 g/mol. The van der Waals surface area contributed by atoms with E-state index in [9.17, 15) is 22.8 Å². The first-order valence-electron chi connectivity index (χ1n) is 7.86. The number of anilines is 1. The number of nitrogens with zero attached hydrogens (tertiary/aromatic N) is 2. The number of fused-ring (bicyclic) bond motifs is 1. The number of para-hydroxylation sites is 3. The molecule has 140 valence electrons. The fourth-order valence-corrected chi connectivity index (χ4v) is 3.24. The van der Waals surface area contributed by atoms with Gasteiger partial charge in [-0.05, 0) is 24.3 Å². The molecule has 0 aliphatic heterocycles. The van der Waals surface area contributed by atoms with E-state index in [4.69, 9.17) is 0 Å². The first kappa shape index (κ1) is 19.0. The van der Waals surface area contributed by atoms with E-state index in [1.54, 1.807) is 36.4 Å². The molecule has 0 bridgehead atoms. The predicted molar refractivity (Wildman–Crippen MR) is 97.9 cm³/mol. The van der Waals surface area contributed by atoms with Crippen molar-refractivity contribution in [2.24, 2.45) is 0 Å². The summed E-state index contributed by atoms with van der Waals surface area (Å²) >= 11 is 0.590. The lowest BCUT2D eigenvalue weighted by Crippen LogP contribution is -2.28. The average molecular weight is 393 g/mol. The Morgan fingerprint density at radius 2 is 1.81 bits per heavy atom. The average Bonchev–Trinajstić information content (AvgIpc) is 2.63. The number of benzene rings is 2. The largest absolute Gasteiger partial charge is 0.398 e. The Morgan fingerprint density at radius 1 is 1.11 bits per heavy atom. The van der Waals surface area contributed by atoms with E-state index in [1.165, 1.54) is 16.7 Å². The number of amides is 1. The number of rotatable bonds is 5. The standard InChI is InChI=1S/C18H14F3N3O2S/c19-18(20,21)11-27-15-8-4-2-6-13(15)23-16(25)10-24-14-7-3-1-5-12(14)22-9-17(24)26/h1-9H,10-11H2,(H,23,25). The number of carbonyl (C=O) groups is 1. The van der Waals surface area contributed by atoms with Crippen LogP contribution in [-0.2, 0) is 11.3 Å². The van der Waals surface area contributed by atoms with Gasteiger partial charge < -0.3 is 5.32 Å². The lowest BCUT2D eigenvalue weighted by molar-refractivity contribution is -0.116. The smallest absolute Gasteiger partial charge is 0.324 e. The van der Waals surface area contributed by atoms with Crippen LogP contribution in [0.2, 0.25) is 0 Å². The highest BCUT2D eigenvalue weighted by Gasteiger charge is 2.27. The summed E-state index contributed by atoms with van der Waals surface area (Å²) in [6.45, 7) is -0.278. The number of hydrogen-bond acceptors (Lipinski definition) is 4. The highest BCUT2D eigenvalue weighted by Crippen LogP contribution is 2.32. The number of alkyl halides is 3. The van der Waals surface area contributed by atoms with Crippen LogP contribution < -0.4 is 10.9 Å². The molecule has 0 aliphatic rings. The molecule has 0 radical (unpaired) electrons. The van der Waals surface area contributed by atoms with Crippen molar-refractivity contribution in [3.8, 4) is 0 Å². The number of nitrogens with one attached hydrogen (secondary N) is 1. The molecule has 1 N–H and O–H groups in total. The monoisotopic (exact) mass is 393 g/mol. The summed E-state index contributed by atoms with van der Waals surface area (Å²) in [6.07, 6.45) is -3.19. The van der Waals surface area contributed by atoms with Crippen molar-refractivity contribution in [1.82, 2.24) is 9.55 Å². The second-order valence-corrected chi connectivity index (χ2v) is 6.64. The Morgan fingerprint density at radius 3 is 2.59 bits per heavy atom. The summed E-state index contributed by atoms with van der Waals surface area (Å²) in [6, 6.07) is 13.1. The number of halogens is 3. The van der Waals surface area contributed by atoms with E-state index in [-0.39, 0.29) is 12.2 Å². The van der Waals surface area contributed by atoms with Crippen LogP contribution in [0.5, 0.6) is 0 Å². The molecule has 0 fully saturated rings. The van der Waals surface area contributed by atoms with E-state index in [2.05, 4.69) is 10.3 Å². The van der Waals surface area contributed by atoms with Crippen molar-refractivity contribution in [3.05, 3.63) is 65.1 Å². The van der Waals surface area contributed by atoms with Crippen LogP contribution >= 0.6 is 11.8 Å². The van der Waals surface area contributed by atoms with Crippen LogP contribution in [0.15, 0.2) is 64.4 Å². The summed E-state index contributed by atoms with van der Waals surface area (Å²) in [7, 11) is 0. The maximum Gasteiger partial charge on any atom is 0.398 e. The van der Waals surface area contributed by atoms with Gasteiger partial charge in [-0.1, -0.05) is 24.3 Å². The topological polar surface area (TPSA) is 64.0 Å². The van der Waals surface area contributed by atoms with Gasteiger partial charge >= 0.3 is 6.18 Å². The maximum atomic E-state index is 12.5. The Hall–Kier alpha value is -2.81. The molecule has 0 atom stereocenters. The summed E-state index contributed by atoms with van der Waals surface area (Å²) in [5, 5.41) is 2.58. The van der Waals surface area contributed by atoms with Gasteiger partial charge in [0.05, 0.1) is 28.7 Å². The second-order valence-electron chi connectivity index (χ2n) is 5.62. The third-order valence-corrected chi connectivity index (χ3v) is 4.75. The minimum atomic E-state index is -4.31.